The molecule has 1 aromatic carbocycles. The molecule has 1 fully saturated rings. The molecule has 0 bridgehead atoms. The smallest absolute Gasteiger partial charge is 0.272 e. The van der Waals surface area contributed by atoms with Crippen molar-refractivity contribution in [2.45, 2.75) is 98.6 Å². The number of hydrogen-bond acceptors (Lipinski definition) is 8. The zero-order valence-electron chi connectivity index (χ0n) is 28.1. The summed E-state index contributed by atoms with van der Waals surface area (Å²) in [6.45, 7) is 16.0. The molecule has 13 heteroatoms. The van der Waals surface area contributed by atoms with Crippen LogP contribution in [0.1, 0.15) is 87.8 Å². The minimum absolute atomic E-state index is 0.0390. The molecule has 3 heterocycles. The maximum atomic E-state index is 13.6. The van der Waals surface area contributed by atoms with Crippen LogP contribution in [0.5, 0.6) is 0 Å². The van der Waals surface area contributed by atoms with Crippen molar-refractivity contribution >= 4 is 40.1 Å². The Labute approximate surface area is 279 Å². The quantitative estimate of drug-likeness (QED) is 0.107. The molecule has 3 aromatic rings. The zero-order valence-corrected chi connectivity index (χ0v) is 28.9. The summed E-state index contributed by atoms with van der Waals surface area (Å²) in [7, 11) is 0. The van der Waals surface area contributed by atoms with Gasteiger partial charge in [-0.25, -0.2) is 13.8 Å². The molecule has 0 saturated carbocycles. The van der Waals surface area contributed by atoms with E-state index in [-0.39, 0.29) is 38.8 Å². The number of alkyl halides is 2. The van der Waals surface area contributed by atoms with Gasteiger partial charge < -0.3 is 24.8 Å². The normalized spacial score (nSPS) is 16.5. The van der Waals surface area contributed by atoms with Crippen LogP contribution in [0.25, 0.3) is 11.0 Å². The number of anilines is 1. The Balaban J connectivity index is 1.64. The van der Waals surface area contributed by atoms with E-state index in [0.29, 0.717) is 38.2 Å². The van der Waals surface area contributed by atoms with Crippen molar-refractivity contribution in [2.24, 2.45) is 5.41 Å². The molecule has 47 heavy (non-hydrogen) atoms. The summed E-state index contributed by atoms with van der Waals surface area (Å²) >= 11 is 0.735. The maximum Gasteiger partial charge on any atom is 0.272 e. The van der Waals surface area contributed by atoms with E-state index in [2.05, 4.69) is 43.6 Å². The van der Waals surface area contributed by atoms with Crippen LogP contribution in [0.2, 0.25) is 0 Å². The van der Waals surface area contributed by atoms with Crippen molar-refractivity contribution in [3.63, 3.8) is 0 Å². The molecular weight excluding hydrogens is 624 g/mol. The van der Waals surface area contributed by atoms with Gasteiger partial charge in [-0.05, 0) is 75.8 Å². The van der Waals surface area contributed by atoms with Crippen LogP contribution < -0.4 is 16.0 Å². The van der Waals surface area contributed by atoms with Gasteiger partial charge in [0.25, 0.3) is 18.2 Å². The van der Waals surface area contributed by atoms with E-state index in [4.69, 9.17) is 9.72 Å². The van der Waals surface area contributed by atoms with E-state index >= 15 is 0 Å². The van der Waals surface area contributed by atoms with E-state index in [0.717, 1.165) is 28.8 Å². The van der Waals surface area contributed by atoms with Crippen molar-refractivity contribution in [1.82, 2.24) is 25.1 Å². The Morgan fingerprint density at radius 1 is 1.21 bits per heavy atom. The molecule has 4 rings (SSSR count). The highest BCUT2D eigenvalue weighted by Crippen LogP contribution is 2.30. The first-order valence-electron chi connectivity index (χ1n) is 15.9. The molecule has 0 spiro atoms. The summed E-state index contributed by atoms with van der Waals surface area (Å²) < 4.78 is 33.9. The monoisotopic (exact) mass is 669 g/mol. The molecule has 2 aromatic heterocycles. The van der Waals surface area contributed by atoms with Gasteiger partial charge in [-0.1, -0.05) is 26.8 Å². The first-order chi connectivity index (χ1) is 22.1. The minimum Gasteiger partial charge on any atom is -0.363 e. The van der Waals surface area contributed by atoms with Crippen molar-refractivity contribution < 1.29 is 23.1 Å². The van der Waals surface area contributed by atoms with Crippen molar-refractivity contribution in [3.8, 4) is 6.07 Å². The third-order valence-electron chi connectivity index (χ3n) is 8.47. The van der Waals surface area contributed by atoms with Crippen LogP contribution >= 0.6 is 11.3 Å². The number of nitrogens with one attached hydrogen (secondary N) is 3. The summed E-state index contributed by atoms with van der Waals surface area (Å²) in [6.07, 6.45) is 0.161. The second-order valence-electron chi connectivity index (χ2n) is 13.3. The highest BCUT2D eigenvalue weighted by molar-refractivity contribution is 7.14. The van der Waals surface area contributed by atoms with Gasteiger partial charge in [0.05, 0.1) is 26.8 Å². The molecular formula is C34H45F2N7O3S. The van der Waals surface area contributed by atoms with Gasteiger partial charge in [0.15, 0.2) is 0 Å². The first kappa shape index (κ1) is 36.0. The number of carbonyl (C=O) groups excluding carboxylic acids is 2. The molecule has 1 saturated heterocycles. The standard InChI is InChI=1S/C34H45F2N7O3S/c1-8-46-34(6,7)39-19-23(17-37)31(45)42-15-9-10-24(42)20-43-26-12-11-22(18-38-21(2)33(3,4)5)16-25(26)40-32(43)41-30(44)28-14-13-27(47-28)29(35)36/h11-14,16,19,21,24,29,38-39H,8-10,15,18,20H2,1-7H3,(H,40,41,44)/b23-19+/t21-,24+/m0/s1. The van der Waals surface area contributed by atoms with Gasteiger partial charge in [-0.2, -0.15) is 5.26 Å². The number of nitrogens with zero attached hydrogens (tertiary/aromatic N) is 4. The van der Waals surface area contributed by atoms with Crippen LogP contribution in [-0.4, -0.2) is 57.2 Å². The molecule has 10 nitrogen and oxygen atoms in total. The van der Waals surface area contributed by atoms with Crippen LogP contribution in [0.3, 0.4) is 0 Å². The Bertz CT molecular complexity index is 1650. The SMILES string of the molecule is CCOC(C)(C)N/C=C(\C#N)C(=O)N1CCC[C@@H]1Cn1c(NC(=O)c2ccc(C(F)F)s2)nc2cc(CN[C@@H](C)C(C)(C)C)ccc21. The molecule has 0 radical (unpaired) electrons. The Kier molecular flexibility index (Phi) is 11.4. The fourth-order valence-corrected chi connectivity index (χ4v) is 6.11. The summed E-state index contributed by atoms with van der Waals surface area (Å²) in [4.78, 5) is 33.2. The van der Waals surface area contributed by atoms with Crippen LogP contribution in [-0.2, 0) is 22.6 Å². The van der Waals surface area contributed by atoms with Gasteiger partial charge in [0.2, 0.25) is 5.95 Å². The third kappa shape index (κ3) is 8.94. The fourth-order valence-electron chi connectivity index (χ4n) is 5.35. The lowest BCUT2D eigenvalue weighted by Gasteiger charge is -2.28. The number of amides is 2. The number of likely N-dealkylation sites (tertiary alicyclic amines) is 1. The highest BCUT2D eigenvalue weighted by Gasteiger charge is 2.33. The third-order valence-corrected chi connectivity index (χ3v) is 9.56. The number of ether oxygens (including phenoxy) is 1. The number of aromatic nitrogens is 2. The topological polar surface area (TPSA) is 124 Å². The molecule has 3 N–H and O–H groups in total. The zero-order chi connectivity index (χ0) is 34.5. The lowest BCUT2D eigenvalue weighted by Crippen LogP contribution is -2.41. The Morgan fingerprint density at radius 2 is 1.96 bits per heavy atom. The minimum atomic E-state index is -2.67. The predicted octanol–water partition coefficient (Wildman–Crippen LogP) is 6.57. The average Bonchev–Trinajstić information content (AvgIpc) is 3.75. The number of halogens is 2. The number of imidazole rings is 1. The van der Waals surface area contributed by atoms with Crippen LogP contribution in [0.15, 0.2) is 42.1 Å². The second kappa shape index (κ2) is 14.9. The molecule has 1 aliphatic rings. The molecule has 0 aliphatic carbocycles. The van der Waals surface area contributed by atoms with Gasteiger partial charge in [0, 0.05) is 38.5 Å². The molecule has 2 atom stereocenters. The maximum absolute atomic E-state index is 13.6. The number of fused-ring (bicyclic) bond motifs is 1. The molecule has 254 valence electrons. The second-order valence-corrected chi connectivity index (χ2v) is 14.5. The fraction of sp³-hybridized carbons (Fsp3) is 0.529. The molecule has 0 unspecified atom stereocenters. The molecule has 1 aliphatic heterocycles. The average molecular weight is 670 g/mol. The van der Waals surface area contributed by atoms with Crippen molar-refractivity contribution in [2.75, 3.05) is 18.5 Å². The van der Waals surface area contributed by atoms with Crippen molar-refractivity contribution in [1.29, 1.82) is 5.26 Å². The van der Waals surface area contributed by atoms with Crippen LogP contribution in [0.4, 0.5) is 14.7 Å². The summed E-state index contributed by atoms with van der Waals surface area (Å²) in [5.74, 6) is -0.693. The largest absolute Gasteiger partial charge is 0.363 e. The lowest BCUT2D eigenvalue weighted by molar-refractivity contribution is -0.127. The Hall–Kier alpha value is -3.86. The highest BCUT2D eigenvalue weighted by atomic mass is 32.1. The van der Waals surface area contributed by atoms with Crippen LogP contribution in [0, 0.1) is 16.7 Å². The summed E-state index contributed by atoms with van der Waals surface area (Å²) in [6, 6.07) is 10.5. The number of nitriles is 1. The number of benzene rings is 1. The van der Waals surface area contributed by atoms with E-state index in [1.807, 2.05) is 49.6 Å². The van der Waals surface area contributed by atoms with E-state index in [1.54, 1.807) is 4.90 Å². The number of hydrogen-bond donors (Lipinski definition) is 3. The van der Waals surface area contributed by atoms with Gasteiger partial charge in [0.1, 0.15) is 17.4 Å². The first-order valence-corrected chi connectivity index (χ1v) is 16.7. The number of carbonyl (C=O) groups is 2. The Morgan fingerprint density at radius 3 is 2.60 bits per heavy atom. The van der Waals surface area contributed by atoms with Gasteiger partial charge >= 0.3 is 0 Å². The molecule has 2 amide bonds. The number of thiophene rings is 1. The van der Waals surface area contributed by atoms with Gasteiger partial charge in [-0.15, -0.1) is 11.3 Å². The summed E-state index contributed by atoms with van der Waals surface area (Å²) in [5.41, 5.74) is 1.70. The van der Waals surface area contributed by atoms with E-state index < -0.39 is 24.0 Å². The van der Waals surface area contributed by atoms with Gasteiger partial charge in [-0.3, -0.25) is 14.9 Å². The lowest BCUT2D eigenvalue weighted by atomic mass is 9.88. The number of rotatable bonds is 13. The van der Waals surface area contributed by atoms with E-state index in [9.17, 15) is 23.6 Å². The van der Waals surface area contributed by atoms with E-state index in [1.165, 1.54) is 18.3 Å². The predicted molar refractivity (Wildman–Crippen MR) is 180 cm³/mol. The summed E-state index contributed by atoms with van der Waals surface area (Å²) in [5, 5.41) is 19.2. The van der Waals surface area contributed by atoms with Crippen molar-refractivity contribution in [3.05, 3.63) is 57.4 Å².